The first-order valence-corrected chi connectivity index (χ1v) is 5.66. The number of hydrogen-bond acceptors (Lipinski definition) is 3. The fourth-order valence-corrected chi connectivity index (χ4v) is 1.39. The number of amides is 1. The van der Waals surface area contributed by atoms with E-state index in [1.165, 1.54) is 0 Å². The Morgan fingerprint density at radius 3 is 2.60 bits per heavy atom. The summed E-state index contributed by atoms with van der Waals surface area (Å²) in [5.41, 5.74) is 5.46. The van der Waals surface area contributed by atoms with Crippen molar-refractivity contribution in [3.63, 3.8) is 0 Å². The lowest BCUT2D eigenvalue weighted by Crippen LogP contribution is -2.36. The van der Waals surface area contributed by atoms with Crippen molar-refractivity contribution in [3.8, 4) is 0 Å². The molecule has 0 aliphatic carbocycles. The summed E-state index contributed by atoms with van der Waals surface area (Å²) in [6.07, 6.45) is 2.45. The lowest BCUT2D eigenvalue weighted by Gasteiger charge is -2.22. The van der Waals surface area contributed by atoms with Gasteiger partial charge in [-0.05, 0) is 19.8 Å². The molecular weight excluding hydrogens is 192 g/mol. The number of ether oxygens (including phenoxy) is 1. The fourth-order valence-electron chi connectivity index (χ4n) is 1.39. The lowest BCUT2D eigenvalue weighted by molar-refractivity contribution is -0.131. The number of rotatable bonds is 8. The van der Waals surface area contributed by atoms with E-state index in [0.717, 1.165) is 19.4 Å². The minimum absolute atomic E-state index is 0.148. The Hall–Kier alpha value is -0.610. The van der Waals surface area contributed by atoms with Crippen molar-refractivity contribution in [2.24, 2.45) is 5.73 Å². The van der Waals surface area contributed by atoms with Crippen molar-refractivity contribution in [2.75, 3.05) is 26.7 Å². The Kier molecular flexibility index (Phi) is 8.33. The van der Waals surface area contributed by atoms with E-state index in [1.54, 1.807) is 7.11 Å². The van der Waals surface area contributed by atoms with Gasteiger partial charge in [-0.2, -0.15) is 0 Å². The standard InChI is InChI=1S/C11H24N2O2/c1-4-8-13(9-7-12)11(14)6-5-10(2)15-3/h10H,4-9,12H2,1-3H3. The number of nitrogens with zero attached hydrogens (tertiary/aromatic N) is 1. The zero-order valence-electron chi connectivity index (χ0n) is 10.2. The second-order valence-electron chi connectivity index (χ2n) is 3.75. The van der Waals surface area contributed by atoms with Crippen LogP contribution in [0.3, 0.4) is 0 Å². The Morgan fingerprint density at radius 2 is 2.13 bits per heavy atom. The molecule has 15 heavy (non-hydrogen) atoms. The van der Waals surface area contributed by atoms with Crippen molar-refractivity contribution in [1.82, 2.24) is 4.90 Å². The van der Waals surface area contributed by atoms with Crippen LogP contribution in [0.15, 0.2) is 0 Å². The highest BCUT2D eigenvalue weighted by Crippen LogP contribution is 2.04. The zero-order chi connectivity index (χ0) is 11.7. The van der Waals surface area contributed by atoms with Gasteiger partial charge in [-0.15, -0.1) is 0 Å². The van der Waals surface area contributed by atoms with Crippen molar-refractivity contribution in [1.29, 1.82) is 0 Å². The van der Waals surface area contributed by atoms with Crippen LogP contribution in [-0.2, 0) is 9.53 Å². The molecule has 90 valence electrons. The minimum Gasteiger partial charge on any atom is -0.382 e. The molecule has 2 N–H and O–H groups in total. The summed E-state index contributed by atoms with van der Waals surface area (Å²) < 4.78 is 5.10. The maximum Gasteiger partial charge on any atom is 0.222 e. The first-order valence-electron chi connectivity index (χ1n) is 5.66. The second kappa shape index (κ2) is 8.68. The van der Waals surface area contributed by atoms with Crippen molar-refractivity contribution < 1.29 is 9.53 Å². The predicted octanol–water partition coefficient (Wildman–Crippen LogP) is 0.999. The molecule has 1 unspecified atom stereocenters. The van der Waals surface area contributed by atoms with E-state index in [0.29, 0.717) is 19.5 Å². The summed E-state index contributed by atoms with van der Waals surface area (Å²) in [6, 6.07) is 0. The van der Waals surface area contributed by atoms with Crippen LogP contribution in [0.25, 0.3) is 0 Å². The van der Waals surface area contributed by atoms with Crippen LogP contribution < -0.4 is 5.73 Å². The molecule has 0 aliphatic rings. The van der Waals surface area contributed by atoms with Crippen LogP contribution in [0.2, 0.25) is 0 Å². The van der Waals surface area contributed by atoms with Crippen LogP contribution in [0.5, 0.6) is 0 Å². The molecule has 0 aliphatic heterocycles. The number of methoxy groups -OCH3 is 1. The molecule has 0 rings (SSSR count). The van der Waals surface area contributed by atoms with Crippen LogP contribution >= 0.6 is 0 Å². The molecule has 0 aromatic heterocycles. The molecule has 0 saturated heterocycles. The molecule has 0 spiro atoms. The highest BCUT2D eigenvalue weighted by Gasteiger charge is 2.12. The topological polar surface area (TPSA) is 55.6 Å². The van der Waals surface area contributed by atoms with Gasteiger partial charge in [-0.25, -0.2) is 0 Å². The largest absolute Gasteiger partial charge is 0.382 e. The molecule has 0 radical (unpaired) electrons. The number of carbonyl (C=O) groups excluding carboxylic acids is 1. The van der Waals surface area contributed by atoms with E-state index < -0.39 is 0 Å². The summed E-state index contributed by atoms with van der Waals surface area (Å²) in [7, 11) is 1.67. The Balaban J connectivity index is 3.90. The first kappa shape index (κ1) is 14.4. The van der Waals surface area contributed by atoms with E-state index in [1.807, 2.05) is 11.8 Å². The van der Waals surface area contributed by atoms with Crippen LogP contribution in [0, 0.1) is 0 Å². The molecule has 0 aromatic rings. The molecular formula is C11H24N2O2. The third kappa shape index (κ3) is 6.47. The van der Waals surface area contributed by atoms with Gasteiger partial charge in [0, 0.05) is 33.2 Å². The van der Waals surface area contributed by atoms with Crippen molar-refractivity contribution in [3.05, 3.63) is 0 Å². The smallest absolute Gasteiger partial charge is 0.222 e. The molecule has 4 nitrogen and oxygen atoms in total. The van der Waals surface area contributed by atoms with Gasteiger partial charge >= 0.3 is 0 Å². The van der Waals surface area contributed by atoms with Crippen LogP contribution in [-0.4, -0.2) is 43.7 Å². The fraction of sp³-hybridized carbons (Fsp3) is 0.909. The summed E-state index contributed by atoms with van der Waals surface area (Å²) in [4.78, 5) is 13.6. The van der Waals surface area contributed by atoms with Gasteiger partial charge in [0.25, 0.3) is 0 Å². The van der Waals surface area contributed by atoms with Crippen molar-refractivity contribution >= 4 is 5.91 Å². The van der Waals surface area contributed by atoms with Gasteiger partial charge in [-0.3, -0.25) is 4.79 Å². The summed E-state index contributed by atoms with van der Waals surface area (Å²) >= 11 is 0. The molecule has 1 amide bonds. The van der Waals surface area contributed by atoms with Gasteiger partial charge in [0.15, 0.2) is 0 Å². The quantitative estimate of drug-likeness (QED) is 0.658. The average Bonchev–Trinajstić information content (AvgIpc) is 2.25. The van der Waals surface area contributed by atoms with E-state index >= 15 is 0 Å². The maximum absolute atomic E-state index is 11.8. The lowest BCUT2D eigenvalue weighted by atomic mass is 10.2. The third-order valence-electron chi connectivity index (χ3n) is 2.41. The summed E-state index contributed by atoms with van der Waals surface area (Å²) in [6.45, 7) is 6.03. The van der Waals surface area contributed by atoms with Gasteiger partial charge < -0.3 is 15.4 Å². The molecule has 0 bridgehead atoms. The van der Waals surface area contributed by atoms with Gasteiger partial charge in [0.2, 0.25) is 5.91 Å². The Morgan fingerprint density at radius 1 is 1.47 bits per heavy atom. The molecule has 1 atom stereocenters. The SMILES string of the molecule is CCCN(CCN)C(=O)CCC(C)OC. The number of carbonyl (C=O) groups is 1. The predicted molar refractivity (Wildman–Crippen MR) is 61.6 cm³/mol. The highest BCUT2D eigenvalue weighted by atomic mass is 16.5. The molecule has 0 fully saturated rings. The molecule has 0 aromatic carbocycles. The third-order valence-corrected chi connectivity index (χ3v) is 2.41. The normalized spacial score (nSPS) is 12.5. The molecule has 0 heterocycles. The van der Waals surface area contributed by atoms with Crippen LogP contribution in [0.1, 0.15) is 33.1 Å². The van der Waals surface area contributed by atoms with Gasteiger partial charge in [-0.1, -0.05) is 6.92 Å². The minimum atomic E-state index is 0.148. The summed E-state index contributed by atoms with van der Waals surface area (Å²) in [5.74, 6) is 0.186. The number of nitrogens with two attached hydrogens (primary N) is 1. The first-order chi connectivity index (χ1) is 7.15. The number of hydrogen-bond donors (Lipinski definition) is 1. The van der Waals surface area contributed by atoms with E-state index in [9.17, 15) is 4.79 Å². The second-order valence-corrected chi connectivity index (χ2v) is 3.75. The van der Waals surface area contributed by atoms with E-state index in [2.05, 4.69) is 6.92 Å². The van der Waals surface area contributed by atoms with Crippen molar-refractivity contribution in [2.45, 2.75) is 39.2 Å². The average molecular weight is 216 g/mol. The highest BCUT2D eigenvalue weighted by molar-refractivity contribution is 5.76. The van der Waals surface area contributed by atoms with Crippen LogP contribution in [0.4, 0.5) is 0 Å². The summed E-state index contributed by atoms with van der Waals surface area (Å²) in [5, 5.41) is 0. The maximum atomic E-state index is 11.8. The molecule has 4 heteroatoms. The van der Waals surface area contributed by atoms with Gasteiger partial charge in [0.1, 0.15) is 0 Å². The van der Waals surface area contributed by atoms with E-state index in [4.69, 9.17) is 10.5 Å². The van der Waals surface area contributed by atoms with E-state index in [-0.39, 0.29) is 12.0 Å². The zero-order valence-corrected chi connectivity index (χ0v) is 10.2. The Labute approximate surface area is 92.8 Å². The Bertz CT molecular complexity index is 168. The molecule has 0 saturated carbocycles. The monoisotopic (exact) mass is 216 g/mol. The van der Waals surface area contributed by atoms with Gasteiger partial charge in [0.05, 0.1) is 6.10 Å².